The molecule has 0 spiro atoms. The summed E-state index contributed by atoms with van der Waals surface area (Å²) in [5, 5.41) is 5.34. The molecule has 4 nitrogen and oxygen atoms in total. The van der Waals surface area contributed by atoms with E-state index >= 15 is 0 Å². The Labute approximate surface area is 132 Å². The molecule has 0 atom stereocenters. The Morgan fingerprint density at radius 3 is 2.65 bits per heavy atom. The lowest BCUT2D eigenvalue weighted by Gasteiger charge is -2.10. The average molecular weight is 403 g/mol. The molecule has 0 radical (unpaired) electrons. The lowest BCUT2D eigenvalue weighted by atomic mass is 10.2. The Bertz CT molecular complexity index is 664. The van der Waals surface area contributed by atoms with Gasteiger partial charge >= 0.3 is 0 Å². The number of amides is 1. The van der Waals surface area contributed by atoms with Gasteiger partial charge in [-0.05, 0) is 40.2 Å². The van der Waals surface area contributed by atoms with Crippen LogP contribution in [0.25, 0.3) is 0 Å². The van der Waals surface area contributed by atoms with Gasteiger partial charge in [0.25, 0.3) is 5.91 Å². The summed E-state index contributed by atoms with van der Waals surface area (Å²) >= 11 is 6.41. The zero-order chi connectivity index (χ0) is 14.7. The number of nitrogens with one attached hydrogen (secondary N) is 2. The summed E-state index contributed by atoms with van der Waals surface area (Å²) in [5.41, 5.74) is 0.435. The summed E-state index contributed by atoms with van der Waals surface area (Å²) in [6, 6.07) is 6.04. The summed E-state index contributed by atoms with van der Waals surface area (Å²) in [6.07, 6.45) is 1.57. The number of nitrogens with zero attached hydrogens (tertiary/aromatic N) is 1. The van der Waals surface area contributed by atoms with Gasteiger partial charge in [0, 0.05) is 22.2 Å². The second-order valence-corrected chi connectivity index (χ2v) is 5.71. The van der Waals surface area contributed by atoms with Gasteiger partial charge in [-0.15, -0.1) is 0 Å². The Hall–Kier alpha value is -1.47. The molecule has 20 heavy (non-hydrogen) atoms. The second-order valence-electron chi connectivity index (χ2n) is 3.88. The zero-order valence-corrected chi connectivity index (χ0v) is 13.5. The van der Waals surface area contributed by atoms with Crippen LogP contribution >= 0.6 is 31.9 Å². The number of carbonyl (C=O) groups is 1. The van der Waals surface area contributed by atoms with Crippen LogP contribution in [0.4, 0.5) is 15.9 Å². The zero-order valence-electron chi connectivity index (χ0n) is 10.4. The number of aromatic nitrogens is 1. The van der Waals surface area contributed by atoms with Crippen molar-refractivity contribution >= 4 is 49.3 Å². The largest absolute Gasteiger partial charge is 0.372 e. The molecule has 1 aromatic carbocycles. The van der Waals surface area contributed by atoms with E-state index < -0.39 is 11.7 Å². The van der Waals surface area contributed by atoms with Crippen LogP contribution < -0.4 is 10.6 Å². The minimum absolute atomic E-state index is 0.111. The van der Waals surface area contributed by atoms with Crippen molar-refractivity contribution in [3.8, 4) is 0 Å². The summed E-state index contributed by atoms with van der Waals surface area (Å²) in [5.74, 6) is -0.533. The number of rotatable bonds is 3. The number of benzene rings is 1. The molecule has 0 aliphatic rings. The van der Waals surface area contributed by atoms with Gasteiger partial charge in [-0.2, -0.15) is 0 Å². The van der Waals surface area contributed by atoms with E-state index in [0.717, 1.165) is 0 Å². The highest BCUT2D eigenvalue weighted by molar-refractivity contribution is 9.10. The van der Waals surface area contributed by atoms with Crippen LogP contribution in [0, 0.1) is 5.82 Å². The van der Waals surface area contributed by atoms with Gasteiger partial charge in [0.2, 0.25) is 0 Å². The first-order valence-corrected chi connectivity index (χ1v) is 7.19. The molecular weight excluding hydrogens is 393 g/mol. The third kappa shape index (κ3) is 3.34. The number of halogens is 3. The van der Waals surface area contributed by atoms with Crippen molar-refractivity contribution in [2.24, 2.45) is 0 Å². The fraction of sp³-hybridized carbons (Fsp3) is 0.0769. The van der Waals surface area contributed by atoms with Crippen molar-refractivity contribution in [1.82, 2.24) is 4.98 Å². The monoisotopic (exact) mass is 401 g/mol. The van der Waals surface area contributed by atoms with Crippen molar-refractivity contribution in [2.45, 2.75) is 0 Å². The first-order chi connectivity index (χ1) is 9.51. The standard InChI is InChI=1S/C13H10Br2FN3O/c1-17-12-9(4-8(15)6-18-12)13(20)19-11-3-2-7(14)5-10(11)16/h2-6H,1H3,(H,17,18)(H,19,20). The van der Waals surface area contributed by atoms with Crippen LogP contribution in [0.2, 0.25) is 0 Å². The molecule has 1 amide bonds. The molecule has 0 saturated heterocycles. The highest BCUT2D eigenvalue weighted by Gasteiger charge is 2.14. The van der Waals surface area contributed by atoms with Gasteiger partial charge in [-0.3, -0.25) is 4.79 Å². The third-order valence-corrected chi connectivity index (χ3v) is 3.44. The smallest absolute Gasteiger partial charge is 0.259 e. The van der Waals surface area contributed by atoms with Crippen LogP contribution in [0.5, 0.6) is 0 Å². The van der Waals surface area contributed by atoms with Crippen LogP contribution in [-0.4, -0.2) is 17.9 Å². The predicted molar refractivity (Wildman–Crippen MR) is 83.5 cm³/mol. The number of hydrogen-bond donors (Lipinski definition) is 2. The van der Waals surface area contributed by atoms with E-state index in [1.165, 1.54) is 12.1 Å². The van der Waals surface area contributed by atoms with Crippen molar-refractivity contribution in [3.63, 3.8) is 0 Å². The molecule has 2 N–H and O–H groups in total. The van der Waals surface area contributed by atoms with Gasteiger partial charge in [-0.1, -0.05) is 15.9 Å². The van der Waals surface area contributed by atoms with Crippen LogP contribution in [0.3, 0.4) is 0 Å². The molecule has 0 unspecified atom stereocenters. The van der Waals surface area contributed by atoms with Crippen molar-refractivity contribution in [3.05, 3.63) is 50.8 Å². The molecule has 0 aliphatic carbocycles. The highest BCUT2D eigenvalue weighted by atomic mass is 79.9. The van der Waals surface area contributed by atoms with E-state index in [1.54, 1.807) is 25.4 Å². The van der Waals surface area contributed by atoms with Gasteiger partial charge < -0.3 is 10.6 Å². The first kappa shape index (κ1) is 14.9. The molecule has 2 aromatic rings. The predicted octanol–water partition coefficient (Wildman–Crippen LogP) is 4.04. The van der Waals surface area contributed by atoms with Crippen molar-refractivity contribution in [1.29, 1.82) is 0 Å². The maximum atomic E-state index is 13.7. The molecule has 0 saturated carbocycles. The molecule has 1 heterocycles. The van der Waals surface area contributed by atoms with Crippen LogP contribution in [0.15, 0.2) is 39.4 Å². The summed E-state index contributed by atoms with van der Waals surface area (Å²) in [4.78, 5) is 16.3. The van der Waals surface area contributed by atoms with E-state index in [4.69, 9.17) is 0 Å². The van der Waals surface area contributed by atoms with Crippen molar-refractivity contribution in [2.75, 3.05) is 17.7 Å². The number of pyridine rings is 1. The SMILES string of the molecule is CNc1ncc(Br)cc1C(=O)Nc1ccc(Br)cc1F. The minimum atomic E-state index is -0.512. The number of anilines is 2. The quantitative estimate of drug-likeness (QED) is 0.814. The summed E-state index contributed by atoms with van der Waals surface area (Å²) < 4.78 is 15.0. The van der Waals surface area contributed by atoms with E-state index in [2.05, 4.69) is 47.5 Å². The van der Waals surface area contributed by atoms with Crippen LogP contribution in [-0.2, 0) is 0 Å². The fourth-order valence-electron chi connectivity index (χ4n) is 1.59. The number of hydrogen-bond acceptors (Lipinski definition) is 3. The normalized spacial score (nSPS) is 10.2. The molecule has 2 rings (SSSR count). The van der Waals surface area contributed by atoms with E-state index in [0.29, 0.717) is 20.3 Å². The average Bonchev–Trinajstić information content (AvgIpc) is 2.41. The minimum Gasteiger partial charge on any atom is -0.372 e. The molecule has 0 fully saturated rings. The van der Waals surface area contributed by atoms with Crippen LogP contribution in [0.1, 0.15) is 10.4 Å². The number of carbonyl (C=O) groups excluding carboxylic acids is 1. The molecular formula is C13H10Br2FN3O. The first-order valence-electron chi connectivity index (χ1n) is 5.61. The van der Waals surface area contributed by atoms with Gasteiger partial charge in [0.1, 0.15) is 11.6 Å². The molecule has 7 heteroatoms. The summed E-state index contributed by atoms with van der Waals surface area (Å²) in [7, 11) is 1.66. The van der Waals surface area contributed by atoms with Crippen molar-refractivity contribution < 1.29 is 9.18 Å². The Kier molecular flexibility index (Phi) is 4.72. The van der Waals surface area contributed by atoms with E-state index in [1.807, 2.05) is 0 Å². The second kappa shape index (κ2) is 6.32. The maximum Gasteiger partial charge on any atom is 0.259 e. The maximum absolute atomic E-state index is 13.7. The summed E-state index contributed by atoms with van der Waals surface area (Å²) in [6.45, 7) is 0. The molecule has 0 bridgehead atoms. The van der Waals surface area contributed by atoms with Gasteiger partial charge in [0.05, 0.1) is 11.3 Å². The fourth-order valence-corrected chi connectivity index (χ4v) is 2.26. The van der Waals surface area contributed by atoms with Gasteiger partial charge in [-0.25, -0.2) is 9.37 Å². The highest BCUT2D eigenvalue weighted by Crippen LogP contribution is 2.22. The Morgan fingerprint density at radius 2 is 2.00 bits per heavy atom. The van der Waals surface area contributed by atoms with E-state index in [-0.39, 0.29) is 5.69 Å². The lowest BCUT2D eigenvalue weighted by molar-refractivity contribution is 0.102. The lowest BCUT2D eigenvalue weighted by Crippen LogP contribution is -2.15. The molecule has 104 valence electrons. The Morgan fingerprint density at radius 1 is 1.25 bits per heavy atom. The topological polar surface area (TPSA) is 54.0 Å². The third-order valence-electron chi connectivity index (χ3n) is 2.52. The van der Waals surface area contributed by atoms with Gasteiger partial charge in [0.15, 0.2) is 0 Å². The molecule has 0 aliphatic heterocycles. The van der Waals surface area contributed by atoms with E-state index in [9.17, 15) is 9.18 Å². The molecule has 1 aromatic heterocycles. The Balaban J connectivity index is 2.30.